The summed E-state index contributed by atoms with van der Waals surface area (Å²) in [7, 11) is 0. The number of aliphatic hydroxyl groups excluding tert-OH is 1. The summed E-state index contributed by atoms with van der Waals surface area (Å²) < 4.78 is 5.84. The summed E-state index contributed by atoms with van der Waals surface area (Å²) in [6.07, 6.45) is 0.0214. The highest BCUT2D eigenvalue weighted by Crippen LogP contribution is 2.28. The standard InChI is InChI=1S/C31H30N2O4/c1-31(2,17-21-7-8-22-5-3-4-6-25(22)15-21)33-19-28(34)20-37-29-16-26(13-14-27(29)18-32)23-9-11-24(12-10-23)30(35)36/h3-16,28,33-34H,17,19-20H2,1-2H3,(H,35,36). The second kappa shape index (κ2) is 11.3. The van der Waals surface area contributed by atoms with E-state index >= 15 is 0 Å². The Hall–Kier alpha value is -4.18. The molecule has 0 heterocycles. The van der Waals surface area contributed by atoms with Gasteiger partial charge in [-0.05, 0) is 72.0 Å². The number of aliphatic hydroxyl groups is 1. The van der Waals surface area contributed by atoms with Crippen LogP contribution in [0.15, 0.2) is 84.9 Å². The van der Waals surface area contributed by atoms with Gasteiger partial charge in [0.2, 0.25) is 0 Å². The first-order valence-corrected chi connectivity index (χ1v) is 12.2. The number of β-amino-alcohol motifs (C(OH)–C–C–N with tert-alkyl or cyclic N) is 1. The first kappa shape index (κ1) is 25.9. The molecule has 1 atom stereocenters. The minimum absolute atomic E-state index is 0.0230. The predicted molar refractivity (Wildman–Crippen MR) is 145 cm³/mol. The maximum Gasteiger partial charge on any atom is 0.335 e. The average Bonchev–Trinajstić information content (AvgIpc) is 2.90. The Morgan fingerprint density at radius 1 is 0.973 bits per heavy atom. The van der Waals surface area contributed by atoms with Crippen LogP contribution >= 0.6 is 0 Å². The number of nitriles is 1. The van der Waals surface area contributed by atoms with E-state index in [1.54, 1.807) is 30.3 Å². The highest BCUT2D eigenvalue weighted by molar-refractivity contribution is 5.88. The van der Waals surface area contributed by atoms with Crippen LogP contribution in [0, 0.1) is 11.3 Å². The van der Waals surface area contributed by atoms with Gasteiger partial charge in [0.25, 0.3) is 0 Å². The summed E-state index contributed by atoms with van der Waals surface area (Å²) in [6.45, 7) is 4.55. The lowest BCUT2D eigenvalue weighted by atomic mass is 9.93. The van der Waals surface area contributed by atoms with Gasteiger partial charge in [0.05, 0.1) is 11.1 Å². The molecule has 3 N–H and O–H groups in total. The summed E-state index contributed by atoms with van der Waals surface area (Å²) in [4.78, 5) is 11.1. The molecule has 0 spiro atoms. The van der Waals surface area contributed by atoms with E-state index in [1.165, 1.54) is 28.5 Å². The molecule has 0 saturated heterocycles. The van der Waals surface area contributed by atoms with Gasteiger partial charge in [-0.1, -0.05) is 60.7 Å². The average molecular weight is 495 g/mol. The largest absolute Gasteiger partial charge is 0.489 e. The Morgan fingerprint density at radius 2 is 1.68 bits per heavy atom. The minimum atomic E-state index is -0.988. The van der Waals surface area contributed by atoms with Crippen molar-refractivity contribution in [1.29, 1.82) is 5.26 Å². The van der Waals surface area contributed by atoms with Gasteiger partial charge >= 0.3 is 5.97 Å². The van der Waals surface area contributed by atoms with E-state index < -0.39 is 12.1 Å². The number of fused-ring (bicyclic) bond motifs is 1. The van der Waals surface area contributed by atoms with Crippen molar-refractivity contribution in [3.8, 4) is 22.9 Å². The molecule has 4 aromatic carbocycles. The molecule has 0 aliphatic rings. The van der Waals surface area contributed by atoms with E-state index in [2.05, 4.69) is 55.6 Å². The van der Waals surface area contributed by atoms with Gasteiger partial charge in [0.1, 0.15) is 24.5 Å². The first-order chi connectivity index (χ1) is 17.7. The number of benzene rings is 4. The molecule has 0 aliphatic heterocycles. The van der Waals surface area contributed by atoms with E-state index in [-0.39, 0.29) is 17.7 Å². The zero-order valence-corrected chi connectivity index (χ0v) is 20.9. The third kappa shape index (κ3) is 6.73. The molecular weight excluding hydrogens is 464 g/mol. The molecule has 37 heavy (non-hydrogen) atoms. The zero-order valence-electron chi connectivity index (χ0n) is 20.9. The zero-order chi connectivity index (χ0) is 26.4. The maximum atomic E-state index is 11.1. The summed E-state index contributed by atoms with van der Waals surface area (Å²) in [5.74, 6) is -0.616. The van der Waals surface area contributed by atoms with Crippen LogP contribution in [0.4, 0.5) is 0 Å². The van der Waals surface area contributed by atoms with E-state index in [0.717, 1.165) is 17.5 Å². The van der Waals surface area contributed by atoms with Crippen LogP contribution in [-0.4, -0.2) is 41.0 Å². The molecule has 6 nitrogen and oxygen atoms in total. The second-order valence-electron chi connectivity index (χ2n) is 9.79. The van der Waals surface area contributed by atoms with Crippen LogP contribution < -0.4 is 10.1 Å². The Bertz CT molecular complexity index is 1440. The second-order valence-corrected chi connectivity index (χ2v) is 9.79. The summed E-state index contributed by atoms with van der Waals surface area (Å²) in [5.41, 5.74) is 3.13. The van der Waals surface area contributed by atoms with Gasteiger partial charge < -0.3 is 20.3 Å². The highest BCUT2D eigenvalue weighted by atomic mass is 16.5. The predicted octanol–water partition coefficient (Wildman–Crippen LogP) is 5.43. The summed E-state index contributed by atoms with van der Waals surface area (Å²) >= 11 is 0. The molecule has 0 aliphatic carbocycles. The van der Waals surface area contributed by atoms with Crippen molar-refractivity contribution in [3.05, 3.63) is 102 Å². The maximum absolute atomic E-state index is 11.1. The molecule has 0 radical (unpaired) electrons. The van der Waals surface area contributed by atoms with Crippen molar-refractivity contribution >= 4 is 16.7 Å². The monoisotopic (exact) mass is 494 g/mol. The molecule has 4 rings (SSSR count). The normalized spacial score (nSPS) is 12.2. The van der Waals surface area contributed by atoms with Crippen LogP contribution in [0.2, 0.25) is 0 Å². The summed E-state index contributed by atoms with van der Waals surface area (Å²) in [6, 6.07) is 28.5. The molecule has 4 aromatic rings. The molecule has 0 saturated carbocycles. The number of aromatic carboxylic acids is 1. The van der Waals surface area contributed by atoms with Crippen molar-refractivity contribution in [1.82, 2.24) is 5.32 Å². The van der Waals surface area contributed by atoms with Crippen molar-refractivity contribution in [2.45, 2.75) is 31.9 Å². The number of hydrogen-bond acceptors (Lipinski definition) is 5. The molecule has 0 bridgehead atoms. The number of nitrogens with zero attached hydrogens (tertiary/aromatic N) is 1. The highest BCUT2D eigenvalue weighted by Gasteiger charge is 2.20. The van der Waals surface area contributed by atoms with Crippen LogP contribution in [0.25, 0.3) is 21.9 Å². The van der Waals surface area contributed by atoms with E-state index in [9.17, 15) is 15.2 Å². The Morgan fingerprint density at radius 3 is 2.38 bits per heavy atom. The van der Waals surface area contributed by atoms with Gasteiger partial charge in [-0.3, -0.25) is 0 Å². The fraction of sp³-hybridized carbons (Fsp3) is 0.226. The van der Waals surface area contributed by atoms with Crippen molar-refractivity contribution in [3.63, 3.8) is 0 Å². The molecular formula is C31H30N2O4. The fourth-order valence-electron chi connectivity index (χ4n) is 4.28. The van der Waals surface area contributed by atoms with E-state index in [4.69, 9.17) is 9.84 Å². The van der Waals surface area contributed by atoms with Gasteiger partial charge in [-0.25, -0.2) is 4.79 Å². The van der Waals surface area contributed by atoms with Gasteiger partial charge in [-0.2, -0.15) is 5.26 Å². The molecule has 6 heteroatoms. The molecule has 188 valence electrons. The number of carboxylic acid groups (broad SMARTS) is 1. The van der Waals surface area contributed by atoms with Gasteiger partial charge in [0, 0.05) is 12.1 Å². The number of carbonyl (C=O) groups is 1. The lowest BCUT2D eigenvalue weighted by molar-refractivity contribution is 0.0697. The third-order valence-electron chi connectivity index (χ3n) is 6.27. The van der Waals surface area contributed by atoms with Crippen LogP contribution in [-0.2, 0) is 6.42 Å². The van der Waals surface area contributed by atoms with Gasteiger partial charge in [-0.15, -0.1) is 0 Å². The SMILES string of the molecule is CC(C)(Cc1ccc2ccccc2c1)NCC(O)COc1cc(-c2ccc(C(=O)O)cc2)ccc1C#N. The Kier molecular flexibility index (Phi) is 7.88. The van der Waals surface area contributed by atoms with E-state index in [0.29, 0.717) is 17.9 Å². The number of rotatable bonds is 10. The Balaban J connectivity index is 1.35. The third-order valence-corrected chi connectivity index (χ3v) is 6.27. The van der Waals surface area contributed by atoms with Gasteiger partial charge in [0.15, 0.2) is 0 Å². The minimum Gasteiger partial charge on any atom is -0.489 e. The van der Waals surface area contributed by atoms with Crippen LogP contribution in [0.5, 0.6) is 5.75 Å². The van der Waals surface area contributed by atoms with Crippen molar-refractivity contribution < 1.29 is 19.7 Å². The number of hydrogen-bond donors (Lipinski definition) is 3. The van der Waals surface area contributed by atoms with E-state index in [1.807, 2.05) is 12.1 Å². The fourth-order valence-corrected chi connectivity index (χ4v) is 4.28. The topological polar surface area (TPSA) is 103 Å². The number of ether oxygens (including phenoxy) is 1. The molecule has 1 unspecified atom stereocenters. The van der Waals surface area contributed by atoms with Crippen LogP contribution in [0.3, 0.4) is 0 Å². The van der Waals surface area contributed by atoms with Crippen molar-refractivity contribution in [2.75, 3.05) is 13.2 Å². The Labute approximate surface area is 216 Å². The van der Waals surface area contributed by atoms with Crippen LogP contribution in [0.1, 0.15) is 35.3 Å². The molecule has 0 fully saturated rings. The molecule has 0 aromatic heterocycles. The number of nitrogens with one attached hydrogen (secondary N) is 1. The molecule has 0 amide bonds. The smallest absolute Gasteiger partial charge is 0.335 e. The summed E-state index contributed by atoms with van der Waals surface area (Å²) in [5, 5.41) is 35.0. The lowest BCUT2D eigenvalue weighted by Gasteiger charge is -2.28. The quantitative estimate of drug-likeness (QED) is 0.272. The van der Waals surface area contributed by atoms with Crippen molar-refractivity contribution in [2.24, 2.45) is 0 Å². The number of carboxylic acids is 1. The lowest BCUT2D eigenvalue weighted by Crippen LogP contribution is -2.46. The first-order valence-electron chi connectivity index (χ1n) is 12.2.